The van der Waals surface area contributed by atoms with E-state index in [0.29, 0.717) is 12.5 Å². The van der Waals surface area contributed by atoms with Crippen LogP contribution in [0.4, 0.5) is 0 Å². The molecule has 0 N–H and O–H groups in total. The topological polar surface area (TPSA) is 26.3 Å². The van der Waals surface area contributed by atoms with Crippen LogP contribution in [0, 0.1) is 5.92 Å². The maximum atomic E-state index is 10.2. The molecule has 0 saturated carbocycles. The maximum absolute atomic E-state index is 10.2. The minimum absolute atomic E-state index is 0. The molecule has 0 rings (SSSR count). The molecule has 0 unspecified atom stereocenters. The molecule has 0 saturated heterocycles. The zero-order valence-electron chi connectivity index (χ0n) is 8.31. The van der Waals surface area contributed by atoms with Gasteiger partial charge in [0.2, 0.25) is 0 Å². The molecule has 2 nitrogen and oxygen atoms in total. The molecule has 0 aromatic heterocycles. The predicted molar refractivity (Wildman–Crippen MR) is 37.2 cm³/mol. The number of hydrogen-bond donors (Lipinski definition) is 0. The van der Waals surface area contributed by atoms with Gasteiger partial charge in [-0.25, -0.2) is 0 Å². The third kappa shape index (κ3) is 11.3. The Balaban J connectivity index is -0.000000320. The van der Waals surface area contributed by atoms with Crippen LogP contribution >= 0.6 is 0 Å². The van der Waals surface area contributed by atoms with Gasteiger partial charge in [-0.3, -0.25) is 4.79 Å². The molecule has 0 aliphatic rings. The Morgan fingerprint density at radius 1 is 1.60 bits per heavy atom. The predicted octanol–water partition coefficient (Wildman–Crippen LogP) is -1.29. The van der Waals surface area contributed by atoms with Crippen LogP contribution in [0.15, 0.2) is 0 Å². The van der Waals surface area contributed by atoms with Crippen molar-refractivity contribution in [1.82, 2.24) is 0 Å². The zero-order chi connectivity index (χ0) is 7.28. The quantitative estimate of drug-likeness (QED) is 0.373. The molecule has 0 aliphatic carbocycles. The van der Waals surface area contributed by atoms with E-state index in [2.05, 4.69) is 13.8 Å². The second kappa shape index (κ2) is 7.58. The minimum atomic E-state index is -0.185. The van der Waals surface area contributed by atoms with E-state index < -0.39 is 0 Å². The van der Waals surface area contributed by atoms with Crippen LogP contribution in [0.25, 0.3) is 0 Å². The van der Waals surface area contributed by atoms with Gasteiger partial charge in [0.25, 0.3) is 0 Å². The fourth-order valence-electron chi connectivity index (χ4n) is 0.438. The fraction of sp³-hybridized carbons (Fsp3) is 0.857. The second-order valence-electron chi connectivity index (χ2n) is 2.52. The molecule has 0 fully saturated rings. The van der Waals surface area contributed by atoms with E-state index >= 15 is 0 Å². The van der Waals surface area contributed by atoms with E-state index in [1.165, 1.54) is 6.92 Å². The summed E-state index contributed by atoms with van der Waals surface area (Å²) in [7, 11) is 0. The van der Waals surface area contributed by atoms with Crippen molar-refractivity contribution in [3.05, 3.63) is 0 Å². The number of carbonyl (C=O) groups is 1. The molecule has 0 amide bonds. The monoisotopic (exact) mass is 154 g/mol. The zero-order valence-corrected chi connectivity index (χ0v) is 9.31. The van der Waals surface area contributed by atoms with Gasteiger partial charge in [-0.1, -0.05) is 13.8 Å². The molecule has 0 heterocycles. The van der Waals surface area contributed by atoms with Gasteiger partial charge in [0.15, 0.2) is 0 Å². The fourth-order valence-corrected chi connectivity index (χ4v) is 0.438. The van der Waals surface area contributed by atoms with E-state index in [0.717, 1.165) is 6.42 Å². The van der Waals surface area contributed by atoms with Crippen LogP contribution in [0.3, 0.4) is 0 Å². The van der Waals surface area contributed by atoms with Gasteiger partial charge < -0.3 is 6.16 Å². The SMILES string of the molecule is CC(=O)OCCC(C)C.[H-].[Na+]. The first kappa shape index (κ1) is 13.1. The third-order valence-electron chi connectivity index (χ3n) is 1.00. The molecule has 10 heavy (non-hydrogen) atoms. The molecule has 3 heteroatoms. The summed E-state index contributed by atoms with van der Waals surface area (Å²) in [6, 6.07) is 0. The van der Waals surface area contributed by atoms with E-state index in [4.69, 9.17) is 4.74 Å². The first-order valence-corrected chi connectivity index (χ1v) is 3.26. The number of ether oxygens (including phenoxy) is 1. The summed E-state index contributed by atoms with van der Waals surface area (Å²) in [5.74, 6) is 0.431. The van der Waals surface area contributed by atoms with Gasteiger partial charge in [-0.15, -0.1) is 0 Å². The van der Waals surface area contributed by atoms with Crippen LogP contribution in [-0.4, -0.2) is 12.6 Å². The summed E-state index contributed by atoms with van der Waals surface area (Å²) in [5.41, 5.74) is 0. The van der Waals surface area contributed by atoms with E-state index in [-0.39, 0.29) is 37.0 Å². The summed E-state index contributed by atoms with van der Waals surface area (Å²) < 4.78 is 4.71. The van der Waals surface area contributed by atoms with E-state index in [1.807, 2.05) is 0 Å². The van der Waals surface area contributed by atoms with Crippen LogP contribution in [0.5, 0.6) is 0 Å². The number of carbonyl (C=O) groups excluding carboxylic acids is 1. The van der Waals surface area contributed by atoms with E-state index in [9.17, 15) is 4.79 Å². The Morgan fingerprint density at radius 2 is 2.10 bits per heavy atom. The Morgan fingerprint density at radius 3 is 2.40 bits per heavy atom. The average Bonchev–Trinajstić information content (AvgIpc) is 1.63. The van der Waals surface area contributed by atoms with Crippen molar-refractivity contribution < 1.29 is 40.5 Å². The molecule has 0 spiro atoms. The normalized spacial score (nSPS) is 8.80. The summed E-state index contributed by atoms with van der Waals surface area (Å²) >= 11 is 0. The molecule has 0 aromatic rings. The number of hydrogen-bond acceptors (Lipinski definition) is 2. The van der Waals surface area contributed by atoms with Crippen LogP contribution in [0.2, 0.25) is 0 Å². The number of esters is 1. The van der Waals surface area contributed by atoms with Gasteiger partial charge in [-0.2, -0.15) is 0 Å². The third-order valence-corrected chi connectivity index (χ3v) is 1.00. The first-order valence-electron chi connectivity index (χ1n) is 3.26. The molecular weight excluding hydrogens is 139 g/mol. The van der Waals surface area contributed by atoms with Crippen molar-refractivity contribution in [2.75, 3.05) is 6.61 Å². The smallest absolute Gasteiger partial charge is 1.00 e. The molecular formula is C7H15NaO2. The second-order valence-corrected chi connectivity index (χ2v) is 2.52. The standard InChI is InChI=1S/C7H14O2.Na.H/c1-6(2)4-5-9-7(3)8;;/h6H,4-5H2,1-3H3;;/q;+1;-1. The molecule has 0 aromatic carbocycles. The summed E-state index contributed by atoms with van der Waals surface area (Å²) in [6.07, 6.45) is 0.958. The van der Waals surface area contributed by atoms with Crippen molar-refractivity contribution in [3.63, 3.8) is 0 Å². The van der Waals surface area contributed by atoms with Gasteiger partial charge in [-0.05, 0) is 12.3 Å². The molecule has 56 valence electrons. The summed E-state index contributed by atoms with van der Waals surface area (Å²) in [5, 5.41) is 0. The van der Waals surface area contributed by atoms with Crippen LogP contribution in [-0.2, 0) is 9.53 Å². The minimum Gasteiger partial charge on any atom is -1.00 e. The first-order chi connectivity index (χ1) is 4.13. The number of rotatable bonds is 3. The van der Waals surface area contributed by atoms with Crippen molar-refractivity contribution in [1.29, 1.82) is 0 Å². The largest absolute Gasteiger partial charge is 1.00 e. The average molecular weight is 154 g/mol. The Bertz CT molecular complexity index is 96.4. The van der Waals surface area contributed by atoms with Gasteiger partial charge >= 0.3 is 35.5 Å². The van der Waals surface area contributed by atoms with Crippen molar-refractivity contribution >= 4 is 5.97 Å². The summed E-state index contributed by atoms with van der Waals surface area (Å²) in [4.78, 5) is 10.2. The van der Waals surface area contributed by atoms with Crippen LogP contribution < -0.4 is 29.6 Å². The van der Waals surface area contributed by atoms with Gasteiger partial charge in [0.1, 0.15) is 0 Å². The van der Waals surface area contributed by atoms with Crippen molar-refractivity contribution in [2.24, 2.45) is 5.92 Å². The Kier molecular flexibility index (Phi) is 9.92. The van der Waals surface area contributed by atoms with E-state index in [1.54, 1.807) is 0 Å². The summed E-state index contributed by atoms with van der Waals surface area (Å²) in [6.45, 7) is 6.19. The van der Waals surface area contributed by atoms with Gasteiger partial charge in [0.05, 0.1) is 6.61 Å². The Hall–Kier alpha value is 0.470. The van der Waals surface area contributed by atoms with Crippen LogP contribution in [0.1, 0.15) is 28.6 Å². The van der Waals surface area contributed by atoms with Crippen molar-refractivity contribution in [3.8, 4) is 0 Å². The molecule has 0 bridgehead atoms. The van der Waals surface area contributed by atoms with Gasteiger partial charge in [0, 0.05) is 6.92 Å². The molecule has 0 atom stereocenters. The molecule has 0 aliphatic heterocycles. The Labute approximate surface area is 86.1 Å². The molecule has 0 radical (unpaired) electrons. The maximum Gasteiger partial charge on any atom is 1.00 e. The van der Waals surface area contributed by atoms with Crippen molar-refractivity contribution in [2.45, 2.75) is 27.2 Å².